The van der Waals surface area contributed by atoms with Crippen LogP contribution < -0.4 is 10.6 Å². The van der Waals surface area contributed by atoms with E-state index in [1.165, 1.54) is 0 Å². The van der Waals surface area contributed by atoms with Crippen molar-refractivity contribution in [2.24, 2.45) is 0 Å². The number of hydrogen-bond acceptors (Lipinski definition) is 3. The summed E-state index contributed by atoms with van der Waals surface area (Å²) in [5, 5.41) is 5.43. The monoisotopic (exact) mass is 319 g/mol. The number of anilines is 1. The lowest BCUT2D eigenvalue weighted by Crippen LogP contribution is -2.37. The highest BCUT2D eigenvalue weighted by Crippen LogP contribution is 2.20. The Morgan fingerprint density at radius 1 is 1.09 bits per heavy atom. The van der Waals surface area contributed by atoms with Gasteiger partial charge in [-0.05, 0) is 50.5 Å². The maximum atomic E-state index is 12.0. The predicted octanol–water partition coefficient (Wildman–Crippen LogP) is 2.34. The minimum Gasteiger partial charge on any atom is -0.348 e. The lowest BCUT2D eigenvalue weighted by molar-refractivity contribution is -0.136. The van der Waals surface area contributed by atoms with Gasteiger partial charge in [-0.2, -0.15) is 0 Å². The van der Waals surface area contributed by atoms with E-state index in [-0.39, 0.29) is 0 Å². The van der Waals surface area contributed by atoms with Gasteiger partial charge in [-0.3, -0.25) is 9.59 Å². The second-order valence-corrected chi connectivity index (χ2v) is 5.55. The van der Waals surface area contributed by atoms with Crippen LogP contribution >= 0.6 is 0 Å². The summed E-state index contributed by atoms with van der Waals surface area (Å²) in [7, 11) is 0. The van der Waals surface area contributed by atoms with Crippen molar-refractivity contribution in [2.45, 2.75) is 40.5 Å². The molecule has 1 aromatic rings. The highest BCUT2D eigenvalue weighted by molar-refractivity contribution is 6.39. The van der Waals surface area contributed by atoms with Crippen LogP contribution in [0.15, 0.2) is 18.2 Å². The molecule has 0 radical (unpaired) electrons. The summed E-state index contributed by atoms with van der Waals surface area (Å²) in [6, 6.07) is 5.85. The van der Waals surface area contributed by atoms with Gasteiger partial charge in [0.15, 0.2) is 0 Å². The van der Waals surface area contributed by atoms with E-state index in [1.54, 1.807) is 0 Å². The number of para-hydroxylation sites is 1. The summed E-state index contributed by atoms with van der Waals surface area (Å²) >= 11 is 0. The van der Waals surface area contributed by atoms with E-state index in [4.69, 9.17) is 0 Å². The number of amides is 2. The Labute approximate surface area is 139 Å². The molecule has 2 N–H and O–H groups in total. The van der Waals surface area contributed by atoms with Crippen molar-refractivity contribution in [3.8, 4) is 0 Å². The van der Waals surface area contributed by atoms with Crippen LogP contribution in [-0.4, -0.2) is 42.9 Å². The molecule has 0 saturated carbocycles. The molecule has 23 heavy (non-hydrogen) atoms. The summed E-state index contributed by atoms with van der Waals surface area (Å²) in [6.07, 6.45) is 1.65. The molecule has 2 amide bonds. The highest BCUT2D eigenvalue weighted by Gasteiger charge is 2.15. The van der Waals surface area contributed by atoms with Crippen LogP contribution in [0.25, 0.3) is 0 Å². The Bertz CT molecular complexity index is 525. The van der Waals surface area contributed by atoms with Gasteiger partial charge in [-0.25, -0.2) is 0 Å². The van der Waals surface area contributed by atoms with Gasteiger partial charge in [-0.1, -0.05) is 39.0 Å². The van der Waals surface area contributed by atoms with Gasteiger partial charge in [-0.15, -0.1) is 0 Å². The number of benzene rings is 1. The highest BCUT2D eigenvalue weighted by atomic mass is 16.2. The third-order valence-corrected chi connectivity index (χ3v) is 4.02. The van der Waals surface area contributed by atoms with Crippen molar-refractivity contribution >= 4 is 17.5 Å². The largest absolute Gasteiger partial charge is 0.348 e. The van der Waals surface area contributed by atoms with Crippen LogP contribution in [0.5, 0.6) is 0 Å². The molecule has 5 heteroatoms. The Morgan fingerprint density at radius 2 is 1.78 bits per heavy atom. The molecule has 0 spiro atoms. The molecule has 5 nitrogen and oxygen atoms in total. The molecule has 0 aliphatic rings. The van der Waals surface area contributed by atoms with Gasteiger partial charge in [0.2, 0.25) is 0 Å². The third-order valence-electron chi connectivity index (χ3n) is 4.02. The maximum Gasteiger partial charge on any atom is 0.313 e. The zero-order valence-corrected chi connectivity index (χ0v) is 14.7. The van der Waals surface area contributed by atoms with E-state index in [1.807, 2.05) is 32.0 Å². The van der Waals surface area contributed by atoms with Gasteiger partial charge in [0.05, 0.1) is 0 Å². The Kier molecular flexibility index (Phi) is 8.33. The SMILES string of the molecule is CCc1cccc(C)c1NC(=O)C(=O)NCCCN(CC)CC. The van der Waals surface area contributed by atoms with Crippen molar-refractivity contribution in [2.75, 3.05) is 31.5 Å². The summed E-state index contributed by atoms with van der Waals surface area (Å²) in [5.41, 5.74) is 2.75. The van der Waals surface area contributed by atoms with E-state index >= 15 is 0 Å². The number of carbonyl (C=O) groups is 2. The number of aryl methyl sites for hydroxylation is 2. The average molecular weight is 319 g/mol. The Morgan fingerprint density at radius 3 is 2.39 bits per heavy atom. The topological polar surface area (TPSA) is 61.4 Å². The summed E-state index contributed by atoms with van der Waals surface area (Å²) in [4.78, 5) is 26.2. The van der Waals surface area contributed by atoms with Gasteiger partial charge < -0.3 is 15.5 Å². The van der Waals surface area contributed by atoms with Crippen molar-refractivity contribution in [3.05, 3.63) is 29.3 Å². The van der Waals surface area contributed by atoms with Gasteiger partial charge in [0, 0.05) is 12.2 Å². The molecule has 0 fully saturated rings. The molecule has 0 aromatic heterocycles. The van der Waals surface area contributed by atoms with Crippen molar-refractivity contribution in [3.63, 3.8) is 0 Å². The zero-order valence-electron chi connectivity index (χ0n) is 14.7. The minimum atomic E-state index is -0.600. The molecule has 0 aliphatic heterocycles. The van der Waals surface area contributed by atoms with E-state index in [2.05, 4.69) is 29.4 Å². The minimum absolute atomic E-state index is 0.511. The first kappa shape index (κ1) is 19.2. The zero-order chi connectivity index (χ0) is 17.2. The molecule has 1 aromatic carbocycles. The van der Waals surface area contributed by atoms with E-state index in [9.17, 15) is 9.59 Å². The van der Waals surface area contributed by atoms with Crippen LogP contribution in [-0.2, 0) is 16.0 Å². The molecule has 128 valence electrons. The Balaban J connectivity index is 2.48. The van der Waals surface area contributed by atoms with Gasteiger partial charge in [0.1, 0.15) is 0 Å². The average Bonchev–Trinajstić information content (AvgIpc) is 2.56. The molecule has 0 atom stereocenters. The molecule has 1 rings (SSSR count). The second-order valence-electron chi connectivity index (χ2n) is 5.55. The summed E-state index contributed by atoms with van der Waals surface area (Å²) in [6.45, 7) is 11.6. The fraction of sp³-hybridized carbons (Fsp3) is 0.556. The molecule has 0 aliphatic carbocycles. The van der Waals surface area contributed by atoms with Crippen LogP contribution in [0.1, 0.15) is 38.3 Å². The maximum absolute atomic E-state index is 12.0. The molecular weight excluding hydrogens is 290 g/mol. The van der Waals surface area contributed by atoms with Crippen LogP contribution in [0.4, 0.5) is 5.69 Å². The number of hydrogen-bond donors (Lipinski definition) is 2. The van der Waals surface area contributed by atoms with Crippen LogP contribution in [0.2, 0.25) is 0 Å². The lowest BCUT2D eigenvalue weighted by atomic mass is 10.1. The first-order valence-corrected chi connectivity index (χ1v) is 8.43. The normalized spacial score (nSPS) is 10.7. The fourth-order valence-corrected chi connectivity index (χ4v) is 2.50. The molecule has 0 bridgehead atoms. The second kappa shape index (κ2) is 10.0. The van der Waals surface area contributed by atoms with Crippen LogP contribution in [0, 0.1) is 6.92 Å². The van der Waals surface area contributed by atoms with E-state index in [0.717, 1.165) is 49.3 Å². The Hall–Kier alpha value is -1.88. The standard InChI is InChI=1S/C18H29N3O2/c1-5-15-11-8-10-14(4)16(15)20-18(23)17(22)19-12-9-13-21(6-2)7-3/h8,10-11H,5-7,9,12-13H2,1-4H3,(H,19,22)(H,20,23). The predicted molar refractivity (Wildman–Crippen MR) is 94.6 cm³/mol. The third kappa shape index (κ3) is 6.02. The molecule has 0 heterocycles. The molecule has 0 saturated heterocycles. The summed E-state index contributed by atoms with van der Waals surface area (Å²) < 4.78 is 0. The first-order chi connectivity index (χ1) is 11.0. The number of carbonyl (C=O) groups excluding carboxylic acids is 2. The molecule has 0 unspecified atom stereocenters. The number of nitrogens with one attached hydrogen (secondary N) is 2. The van der Waals surface area contributed by atoms with Crippen molar-refractivity contribution < 1.29 is 9.59 Å². The van der Waals surface area contributed by atoms with Gasteiger partial charge >= 0.3 is 11.8 Å². The quantitative estimate of drug-likeness (QED) is 0.571. The molecular formula is C18H29N3O2. The first-order valence-electron chi connectivity index (χ1n) is 8.43. The van der Waals surface area contributed by atoms with Crippen molar-refractivity contribution in [1.29, 1.82) is 0 Å². The van der Waals surface area contributed by atoms with E-state index in [0.29, 0.717) is 6.54 Å². The van der Waals surface area contributed by atoms with E-state index < -0.39 is 11.8 Å². The van der Waals surface area contributed by atoms with Crippen LogP contribution in [0.3, 0.4) is 0 Å². The fourth-order valence-electron chi connectivity index (χ4n) is 2.50. The van der Waals surface area contributed by atoms with Gasteiger partial charge in [0.25, 0.3) is 0 Å². The number of rotatable bonds is 8. The lowest BCUT2D eigenvalue weighted by Gasteiger charge is -2.17. The smallest absolute Gasteiger partial charge is 0.313 e. The number of nitrogens with zero attached hydrogens (tertiary/aromatic N) is 1. The summed E-state index contributed by atoms with van der Waals surface area (Å²) in [5.74, 6) is -1.17. The van der Waals surface area contributed by atoms with Crippen molar-refractivity contribution in [1.82, 2.24) is 10.2 Å².